The summed E-state index contributed by atoms with van der Waals surface area (Å²) in [6, 6.07) is 10.1. The second-order valence-electron chi connectivity index (χ2n) is 6.29. The molecule has 4 rings (SSSR count). The fraction of sp³-hybridized carbons (Fsp3) is 0.471. The molecular formula is C17H20N4O. The highest BCUT2D eigenvalue weighted by Crippen LogP contribution is 2.41. The zero-order valence-electron chi connectivity index (χ0n) is 12.8. The molecular weight excluding hydrogens is 276 g/mol. The Morgan fingerprint density at radius 3 is 2.68 bits per heavy atom. The quantitative estimate of drug-likeness (QED) is 0.870. The van der Waals surface area contributed by atoms with Gasteiger partial charge in [0.15, 0.2) is 5.82 Å². The Hall–Kier alpha value is -2.17. The smallest absolute Gasteiger partial charge is 0.245 e. The molecule has 22 heavy (non-hydrogen) atoms. The number of carbonyl (C=O) groups excluding carboxylic acids is 1. The molecule has 0 saturated heterocycles. The molecule has 114 valence electrons. The van der Waals surface area contributed by atoms with E-state index in [0.717, 1.165) is 24.6 Å². The molecule has 0 N–H and O–H groups in total. The van der Waals surface area contributed by atoms with Gasteiger partial charge in [0.25, 0.3) is 0 Å². The van der Waals surface area contributed by atoms with E-state index in [1.165, 1.54) is 18.4 Å². The van der Waals surface area contributed by atoms with E-state index in [-0.39, 0.29) is 11.9 Å². The maximum atomic E-state index is 12.7. The van der Waals surface area contributed by atoms with E-state index in [1.54, 1.807) is 0 Å². The number of fused-ring (bicyclic) bond motifs is 1. The standard InChI is InChI=1S/C17H20N4O/c1-12-17(22)20(10-9-13-5-3-2-4-6-13)11-15-18-19-16(21(12)15)14-7-8-14/h2-6,12,14H,7-11H2,1H3/t12-/m1/s1. The van der Waals surface area contributed by atoms with Crippen LogP contribution in [0.1, 0.15) is 48.9 Å². The van der Waals surface area contributed by atoms with Crippen LogP contribution in [0.15, 0.2) is 30.3 Å². The zero-order valence-corrected chi connectivity index (χ0v) is 12.8. The Morgan fingerprint density at radius 1 is 1.18 bits per heavy atom. The highest BCUT2D eigenvalue weighted by Gasteiger charge is 2.37. The molecule has 5 heteroatoms. The van der Waals surface area contributed by atoms with E-state index in [4.69, 9.17) is 0 Å². The minimum Gasteiger partial charge on any atom is -0.333 e. The van der Waals surface area contributed by atoms with Crippen molar-refractivity contribution in [2.45, 2.75) is 44.7 Å². The first-order valence-corrected chi connectivity index (χ1v) is 8.00. The molecule has 0 bridgehead atoms. The lowest BCUT2D eigenvalue weighted by Crippen LogP contribution is -2.43. The van der Waals surface area contributed by atoms with Crippen molar-refractivity contribution < 1.29 is 4.79 Å². The first kappa shape index (κ1) is 13.5. The number of rotatable bonds is 4. The molecule has 1 fully saturated rings. The first-order chi connectivity index (χ1) is 10.7. The molecule has 1 aromatic carbocycles. The summed E-state index contributed by atoms with van der Waals surface area (Å²) in [5.74, 6) is 2.65. The largest absolute Gasteiger partial charge is 0.333 e. The van der Waals surface area contributed by atoms with E-state index >= 15 is 0 Å². The van der Waals surface area contributed by atoms with E-state index in [1.807, 2.05) is 30.0 Å². The van der Waals surface area contributed by atoms with Crippen LogP contribution in [0.3, 0.4) is 0 Å². The van der Waals surface area contributed by atoms with Gasteiger partial charge in [0.05, 0.1) is 6.54 Å². The average molecular weight is 296 g/mol. The summed E-state index contributed by atoms with van der Waals surface area (Å²) in [5.41, 5.74) is 1.26. The van der Waals surface area contributed by atoms with Gasteiger partial charge in [-0.2, -0.15) is 0 Å². The second kappa shape index (κ2) is 5.23. The third kappa shape index (κ3) is 2.30. The van der Waals surface area contributed by atoms with Crippen LogP contribution in [0.25, 0.3) is 0 Å². The number of carbonyl (C=O) groups is 1. The fourth-order valence-electron chi connectivity index (χ4n) is 3.21. The van der Waals surface area contributed by atoms with Crippen LogP contribution in [0.5, 0.6) is 0 Å². The molecule has 1 saturated carbocycles. The fourth-order valence-corrected chi connectivity index (χ4v) is 3.21. The molecule has 0 radical (unpaired) electrons. The summed E-state index contributed by atoms with van der Waals surface area (Å²) < 4.78 is 2.07. The van der Waals surface area contributed by atoms with Crippen molar-refractivity contribution in [3.8, 4) is 0 Å². The van der Waals surface area contributed by atoms with Crippen molar-refractivity contribution in [2.75, 3.05) is 6.54 Å². The molecule has 1 amide bonds. The van der Waals surface area contributed by atoms with Crippen molar-refractivity contribution >= 4 is 5.91 Å². The van der Waals surface area contributed by atoms with Crippen LogP contribution in [0.4, 0.5) is 0 Å². The Morgan fingerprint density at radius 2 is 1.95 bits per heavy atom. The molecule has 0 spiro atoms. The van der Waals surface area contributed by atoms with Gasteiger partial charge in [-0.05, 0) is 31.7 Å². The van der Waals surface area contributed by atoms with E-state index in [2.05, 4.69) is 26.9 Å². The predicted octanol–water partition coefficient (Wildman–Crippen LogP) is 2.30. The van der Waals surface area contributed by atoms with Crippen molar-refractivity contribution in [3.63, 3.8) is 0 Å². The number of hydrogen-bond donors (Lipinski definition) is 0. The van der Waals surface area contributed by atoms with Gasteiger partial charge in [0, 0.05) is 12.5 Å². The molecule has 2 aromatic rings. The summed E-state index contributed by atoms with van der Waals surface area (Å²) in [4.78, 5) is 14.6. The van der Waals surface area contributed by atoms with Gasteiger partial charge in [-0.25, -0.2) is 0 Å². The van der Waals surface area contributed by atoms with Gasteiger partial charge in [0.1, 0.15) is 11.9 Å². The van der Waals surface area contributed by atoms with Crippen LogP contribution in [-0.2, 0) is 17.8 Å². The summed E-state index contributed by atoms with van der Waals surface area (Å²) in [7, 11) is 0. The van der Waals surface area contributed by atoms with Crippen LogP contribution in [-0.4, -0.2) is 32.1 Å². The van der Waals surface area contributed by atoms with Crippen LogP contribution in [0, 0.1) is 0 Å². The number of hydrogen-bond acceptors (Lipinski definition) is 3. The highest BCUT2D eigenvalue weighted by atomic mass is 16.2. The highest BCUT2D eigenvalue weighted by molar-refractivity contribution is 5.81. The number of amides is 1. The lowest BCUT2D eigenvalue weighted by Gasteiger charge is -2.32. The maximum absolute atomic E-state index is 12.7. The molecule has 1 aliphatic heterocycles. The molecule has 1 aromatic heterocycles. The number of nitrogens with zero attached hydrogens (tertiary/aromatic N) is 4. The van der Waals surface area contributed by atoms with Crippen LogP contribution >= 0.6 is 0 Å². The summed E-state index contributed by atoms with van der Waals surface area (Å²) in [6.45, 7) is 3.28. The molecule has 1 atom stereocenters. The lowest BCUT2D eigenvalue weighted by molar-refractivity contribution is -0.137. The van der Waals surface area contributed by atoms with E-state index in [0.29, 0.717) is 12.5 Å². The van der Waals surface area contributed by atoms with Gasteiger partial charge in [0.2, 0.25) is 5.91 Å². The minimum absolute atomic E-state index is 0.176. The van der Waals surface area contributed by atoms with E-state index < -0.39 is 0 Å². The van der Waals surface area contributed by atoms with Crippen molar-refractivity contribution in [3.05, 3.63) is 47.5 Å². The molecule has 1 aliphatic carbocycles. The first-order valence-electron chi connectivity index (χ1n) is 8.00. The predicted molar refractivity (Wildman–Crippen MR) is 82.3 cm³/mol. The second-order valence-corrected chi connectivity index (χ2v) is 6.29. The van der Waals surface area contributed by atoms with Crippen molar-refractivity contribution in [1.29, 1.82) is 0 Å². The normalized spacial score (nSPS) is 21.0. The van der Waals surface area contributed by atoms with Gasteiger partial charge >= 0.3 is 0 Å². The maximum Gasteiger partial charge on any atom is 0.245 e. The van der Waals surface area contributed by atoms with Gasteiger partial charge in [-0.15, -0.1) is 10.2 Å². The lowest BCUT2D eigenvalue weighted by atomic mass is 10.1. The van der Waals surface area contributed by atoms with Gasteiger partial charge < -0.3 is 9.47 Å². The zero-order chi connectivity index (χ0) is 15.1. The van der Waals surface area contributed by atoms with Crippen LogP contribution in [0.2, 0.25) is 0 Å². The van der Waals surface area contributed by atoms with Crippen molar-refractivity contribution in [2.24, 2.45) is 0 Å². The third-order valence-electron chi connectivity index (χ3n) is 4.64. The third-order valence-corrected chi connectivity index (χ3v) is 4.64. The molecule has 5 nitrogen and oxygen atoms in total. The summed E-state index contributed by atoms with van der Waals surface area (Å²) in [6.07, 6.45) is 3.23. The topological polar surface area (TPSA) is 51.0 Å². The Kier molecular flexibility index (Phi) is 3.21. The van der Waals surface area contributed by atoms with Crippen molar-refractivity contribution in [1.82, 2.24) is 19.7 Å². The Bertz CT molecular complexity index is 690. The monoisotopic (exact) mass is 296 g/mol. The van der Waals surface area contributed by atoms with Crippen LogP contribution < -0.4 is 0 Å². The van der Waals surface area contributed by atoms with Gasteiger partial charge in [-0.3, -0.25) is 4.79 Å². The average Bonchev–Trinajstić information content (AvgIpc) is 3.30. The van der Waals surface area contributed by atoms with E-state index in [9.17, 15) is 4.79 Å². The molecule has 2 heterocycles. The molecule has 0 unspecified atom stereocenters. The molecule has 2 aliphatic rings. The van der Waals surface area contributed by atoms with Gasteiger partial charge in [-0.1, -0.05) is 30.3 Å². The SMILES string of the molecule is C[C@@H]1C(=O)N(CCc2ccccc2)Cc2nnc(C3CC3)n21. The Labute approximate surface area is 130 Å². The summed E-state index contributed by atoms with van der Waals surface area (Å²) >= 11 is 0. The minimum atomic E-state index is -0.176. The number of aromatic nitrogens is 3. The number of benzene rings is 1. The Balaban J connectivity index is 1.52. The summed E-state index contributed by atoms with van der Waals surface area (Å²) in [5, 5.41) is 8.66.